The Morgan fingerprint density at radius 1 is 0.920 bits per heavy atom. The number of aromatic nitrogens is 4. The molecule has 2 heterocycles. The van der Waals surface area contributed by atoms with Crippen LogP contribution in [0.15, 0.2) is 12.1 Å². The Morgan fingerprint density at radius 3 is 2.20 bits per heavy atom. The van der Waals surface area contributed by atoms with Gasteiger partial charge < -0.3 is 0 Å². The van der Waals surface area contributed by atoms with Crippen LogP contribution in [0.25, 0.3) is 22.4 Å². The zero-order chi connectivity index (χ0) is 18.5. The van der Waals surface area contributed by atoms with Crippen molar-refractivity contribution in [1.29, 1.82) is 0 Å². The lowest BCUT2D eigenvalue weighted by atomic mass is 10.1. The van der Waals surface area contributed by atoms with Crippen LogP contribution in [-0.4, -0.2) is 19.9 Å². The van der Waals surface area contributed by atoms with Crippen LogP contribution < -0.4 is 0 Å². The van der Waals surface area contributed by atoms with Gasteiger partial charge in [-0.25, -0.2) is 19.3 Å². The lowest BCUT2D eigenvalue weighted by Crippen LogP contribution is -2.07. The third-order valence-corrected chi connectivity index (χ3v) is 4.01. The van der Waals surface area contributed by atoms with Gasteiger partial charge in [-0.05, 0) is 37.6 Å². The van der Waals surface area contributed by atoms with Gasteiger partial charge >= 0.3 is 6.18 Å². The van der Waals surface area contributed by atoms with Crippen molar-refractivity contribution in [3.63, 3.8) is 0 Å². The highest BCUT2D eigenvalue weighted by Crippen LogP contribution is 2.39. The number of fused-ring (bicyclic) bond motifs is 1. The van der Waals surface area contributed by atoms with E-state index >= 15 is 0 Å². The number of aryl methyl sites for hydroxylation is 2. The van der Waals surface area contributed by atoms with E-state index in [1.54, 1.807) is 13.8 Å². The molecule has 0 radical (unpaired) electrons. The molecule has 3 rings (SSSR count). The molecule has 1 aromatic carbocycles. The van der Waals surface area contributed by atoms with Crippen molar-refractivity contribution in [3.8, 4) is 11.3 Å². The highest BCUT2D eigenvalue weighted by atomic mass is 35.5. The van der Waals surface area contributed by atoms with Gasteiger partial charge in [0, 0.05) is 5.56 Å². The second-order valence-corrected chi connectivity index (χ2v) is 5.96. The summed E-state index contributed by atoms with van der Waals surface area (Å²) in [6.07, 6.45) is -4.78. The summed E-state index contributed by atoms with van der Waals surface area (Å²) in [5.74, 6) is -1.16. The number of hydrogen-bond donors (Lipinski definition) is 0. The van der Waals surface area contributed by atoms with E-state index in [0.717, 1.165) is 6.07 Å². The van der Waals surface area contributed by atoms with Crippen LogP contribution in [0.5, 0.6) is 0 Å². The van der Waals surface area contributed by atoms with E-state index in [-0.39, 0.29) is 27.7 Å². The Hall–Kier alpha value is -2.06. The molecule has 2 aromatic heterocycles. The molecule has 4 nitrogen and oxygen atoms in total. The Balaban J connectivity index is 2.34. The molecule has 0 saturated carbocycles. The largest absolute Gasteiger partial charge is 0.417 e. The van der Waals surface area contributed by atoms with Gasteiger partial charge in [-0.15, -0.1) is 0 Å². The molecule has 0 bridgehead atoms. The van der Waals surface area contributed by atoms with Gasteiger partial charge in [0.05, 0.1) is 22.0 Å². The van der Waals surface area contributed by atoms with Crippen molar-refractivity contribution >= 4 is 34.4 Å². The smallest absolute Gasteiger partial charge is 0.246 e. The summed E-state index contributed by atoms with van der Waals surface area (Å²) < 4.78 is 52.9. The predicted octanol–water partition coefficient (Wildman–Crippen LogP) is 5.17. The van der Waals surface area contributed by atoms with Crippen molar-refractivity contribution in [2.75, 3.05) is 0 Å². The fourth-order valence-corrected chi connectivity index (χ4v) is 2.65. The fraction of sp³-hybridized carbons (Fsp3) is 0.200. The molecule has 0 unspecified atom stereocenters. The highest BCUT2D eigenvalue weighted by Gasteiger charge is 2.34. The monoisotopic (exact) mass is 390 g/mol. The average Bonchev–Trinajstić information content (AvgIpc) is 2.49. The summed E-state index contributed by atoms with van der Waals surface area (Å²) in [4.78, 5) is 16.3. The first-order valence-corrected chi connectivity index (χ1v) is 7.58. The quantitative estimate of drug-likeness (QED) is 0.424. The molecular formula is C15H8Cl2F4N4. The minimum atomic E-state index is -4.78. The topological polar surface area (TPSA) is 51.6 Å². The number of nitrogens with zero attached hydrogens (tertiary/aromatic N) is 4. The van der Waals surface area contributed by atoms with E-state index < -0.39 is 22.6 Å². The second-order valence-electron chi connectivity index (χ2n) is 5.22. The molecule has 25 heavy (non-hydrogen) atoms. The molecular weight excluding hydrogens is 383 g/mol. The van der Waals surface area contributed by atoms with Crippen LogP contribution in [0.3, 0.4) is 0 Å². The SMILES string of the molecule is Cc1nc2nc(Cl)nc(-c3cc(Cl)c(C(F)(F)F)cc3F)c2nc1C. The molecule has 130 valence electrons. The fourth-order valence-electron chi connectivity index (χ4n) is 2.22. The number of rotatable bonds is 1. The first kappa shape index (κ1) is 17.8. The van der Waals surface area contributed by atoms with Crippen molar-refractivity contribution in [2.24, 2.45) is 0 Å². The molecule has 0 N–H and O–H groups in total. The maximum Gasteiger partial charge on any atom is 0.417 e. The molecule has 0 fully saturated rings. The lowest BCUT2D eigenvalue weighted by molar-refractivity contribution is -0.137. The van der Waals surface area contributed by atoms with Crippen molar-refractivity contribution in [3.05, 3.63) is 45.2 Å². The van der Waals surface area contributed by atoms with E-state index in [0.29, 0.717) is 17.5 Å². The standard InChI is InChI=1S/C15H8Cl2F4N4/c1-5-6(2)23-13-12(22-5)11(24-14(17)25-13)7-3-9(16)8(4-10(7)18)15(19,20)21/h3-4H,1-2H3. The summed E-state index contributed by atoms with van der Waals surface area (Å²) in [5.41, 5.74) is -0.297. The summed E-state index contributed by atoms with van der Waals surface area (Å²) in [6.45, 7) is 3.38. The average molecular weight is 391 g/mol. The van der Waals surface area contributed by atoms with Gasteiger partial charge in [0.2, 0.25) is 5.28 Å². The third kappa shape index (κ3) is 3.23. The maximum absolute atomic E-state index is 14.4. The molecule has 3 aromatic rings. The van der Waals surface area contributed by atoms with Gasteiger partial charge in [0.15, 0.2) is 5.65 Å². The molecule has 0 aliphatic heterocycles. The number of hydrogen-bond acceptors (Lipinski definition) is 4. The van der Waals surface area contributed by atoms with Crippen LogP contribution in [-0.2, 0) is 6.18 Å². The van der Waals surface area contributed by atoms with Gasteiger partial charge in [-0.1, -0.05) is 11.6 Å². The van der Waals surface area contributed by atoms with Crippen LogP contribution in [0, 0.1) is 19.7 Å². The van der Waals surface area contributed by atoms with Crippen LogP contribution in [0.4, 0.5) is 17.6 Å². The predicted molar refractivity (Wildman–Crippen MR) is 85.0 cm³/mol. The van der Waals surface area contributed by atoms with E-state index in [1.165, 1.54) is 0 Å². The first-order valence-electron chi connectivity index (χ1n) is 6.83. The molecule has 0 spiro atoms. The molecule has 0 amide bonds. The van der Waals surface area contributed by atoms with E-state index in [4.69, 9.17) is 23.2 Å². The van der Waals surface area contributed by atoms with Gasteiger partial charge in [-0.2, -0.15) is 18.2 Å². The summed E-state index contributed by atoms with van der Waals surface area (Å²) in [7, 11) is 0. The summed E-state index contributed by atoms with van der Waals surface area (Å²) in [5, 5.41) is -0.904. The van der Waals surface area contributed by atoms with Gasteiger partial charge in [-0.3, -0.25) is 0 Å². The van der Waals surface area contributed by atoms with Crippen LogP contribution >= 0.6 is 23.2 Å². The van der Waals surface area contributed by atoms with Crippen molar-refractivity contribution in [2.45, 2.75) is 20.0 Å². The number of halogens is 6. The number of alkyl halides is 3. The highest BCUT2D eigenvalue weighted by molar-refractivity contribution is 6.32. The summed E-state index contributed by atoms with van der Waals surface area (Å²) >= 11 is 11.5. The normalized spacial score (nSPS) is 12.0. The second kappa shape index (κ2) is 6.03. The van der Waals surface area contributed by atoms with E-state index in [9.17, 15) is 17.6 Å². The molecule has 0 aliphatic rings. The van der Waals surface area contributed by atoms with Gasteiger partial charge in [0.25, 0.3) is 0 Å². The minimum Gasteiger partial charge on any atom is -0.246 e. The lowest BCUT2D eigenvalue weighted by Gasteiger charge is -2.12. The maximum atomic E-state index is 14.4. The Labute approximate surface area is 148 Å². The molecule has 0 atom stereocenters. The third-order valence-electron chi connectivity index (χ3n) is 3.53. The van der Waals surface area contributed by atoms with Crippen molar-refractivity contribution in [1.82, 2.24) is 19.9 Å². The zero-order valence-electron chi connectivity index (χ0n) is 12.7. The van der Waals surface area contributed by atoms with Crippen LogP contribution in [0.1, 0.15) is 17.0 Å². The van der Waals surface area contributed by atoms with E-state index in [2.05, 4.69) is 19.9 Å². The first-order chi connectivity index (χ1) is 11.6. The summed E-state index contributed by atoms with van der Waals surface area (Å²) in [6, 6.07) is 1.16. The van der Waals surface area contributed by atoms with E-state index in [1.807, 2.05) is 0 Å². The minimum absolute atomic E-state index is 0.0845. The van der Waals surface area contributed by atoms with Crippen LogP contribution in [0.2, 0.25) is 10.3 Å². The van der Waals surface area contributed by atoms with Crippen molar-refractivity contribution < 1.29 is 17.6 Å². The Kier molecular flexibility index (Phi) is 4.28. The number of benzene rings is 1. The Morgan fingerprint density at radius 2 is 1.56 bits per heavy atom. The zero-order valence-corrected chi connectivity index (χ0v) is 14.2. The molecule has 10 heteroatoms. The Bertz CT molecular complexity index is 1010. The van der Waals surface area contributed by atoms with Gasteiger partial charge in [0.1, 0.15) is 17.0 Å². The molecule has 0 aliphatic carbocycles. The molecule has 0 saturated heterocycles.